The molecule has 4 bridgehead atoms. The highest BCUT2D eigenvalue weighted by molar-refractivity contribution is 5.91. The monoisotopic (exact) mass is 857 g/mol. The van der Waals surface area contributed by atoms with Crippen LogP contribution in [-0.4, -0.2) is 124 Å². The third-order valence-electron chi connectivity index (χ3n) is 12.1. The van der Waals surface area contributed by atoms with Gasteiger partial charge in [0.1, 0.15) is 48.3 Å². The fraction of sp³-hybridized carbons (Fsp3) is 0.585. The minimum atomic E-state index is -2.89. The van der Waals surface area contributed by atoms with E-state index in [0.29, 0.717) is 0 Å². The number of fused-ring (bicyclic) bond motifs is 5. The molecule has 4 heterocycles. The van der Waals surface area contributed by atoms with Crippen LogP contribution in [0.3, 0.4) is 0 Å². The van der Waals surface area contributed by atoms with Gasteiger partial charge in [-0.3, -0.25) is 33.8 Å². The number of aliphatic hydroxyl groups is 1. The number of nitrogens with zero attached hydrogens (tertiary/aromatic N) is 1. The molecule has 1 saturated heterocycles. The lowest BCUT2D eigenvalue weighted by atomic mass is 9.45. The summed E-state index contributed by atoms with van der Waals surface area (Å²) >= 11 is 0. The SMILES string of the molecule is CC(=O)OC[C@]12[C@H](OC(C)=O)[C@H](OC(C)=O)[C@@H]3[C@@H](OC(C)=O)[C@@]14O[C@@]3(C)COC(=O)c1cccnc1C(C)C(C)C(=O)O[C@@H]([C@H](OC(=O)c1ccoc1)[C@@H]2OC(C)=O)[C@]4(C)O. The van der Waals surface area contributed by atoms with Crippen molar-refractivity contribution in [1.82, 2.24) is 4.98 Å². The molecular formula is C41H47NO19. The van der Waals surface area contributed by atoms with E-state index in [1.54, 1.807) is 6.92 Å². The molecule has 3 fully saturated rings. The first kappa shape index (κ1) is 44.7. The lowest BCUT2D eigenvalue weighted by Crippen LogP contribution is -2.89. The van der Waals surface area contributed by atoms with Gasteiger partial charge in [0.25, 0.3) is 0 Å². The topological polar surface area (TPSA) is 266 Å². The molecule has 2 unspecified atom stereocenters. The van der Waals surface area contributed by atoms with Gasteiger partial charge in [-0.15, -0.1) is 0 Å². The third kappa shape index (κ3) is 7.28. The molecule has 2 aliphatic carbocycles. The molecule has 1 N–H and O–H groups in total. The van der Waals surface area contributed by atoms with Gasteiger partial charge in [0, 0.05) is 46.7 Å². The number of esters is 8. The summed E-state index contributed by atoms with van der Waals surface area (Å²) in [5, 5.41) is 13.6. The van der Waals surface area contributed by atoms with Gasteiger partial charge >= 0.3 is 47.8 Å². The van der Waals surface area contributed by atoms with E-state index in [4.69, 9.17) is 47.0 Å². The van der Waals surface area contributed by atoms with Gasteiger partial charge in [-0.25, -0.2) is 9.59 Å². The second kappa shape index (κ2) is 16.2. The Labute approximate surface area is 348 Å². The summed E-state index contributed by atoms with van der Waals surface area (Å²) in [6.07, 6.45) is -8.78. The zero-order valence-electron chi connectivity index (χ0n) is 34.8. The molecule has 0 radical (unpaired) electrons. The highest BCUT2D eigenvalue weighted by Crippen LogP contribution is 2.70. The second-order valence-electron chi connectivity index (χ2n) is 16.1. The van der Waals surface area contributed by atoms with Gasteiger partial charge < -0.3 is 52.2 Å². The van der Waals surface area contributed by atoms with Gasteiger partial charge in [0.15, 0.2) is 30.0 Å². The molecule has 4 aliphatic rings. The van der Waals surface area contributed by atoms with Crippen LogP contribution in [-0.2, 0) is 71.4 Å². The van der Waals surface area contributed by atoms with Crippen LogP contribution < -0.4 is 0 Å². The molecule has 1 spiro atoms. The Hall–Kier alpha value is -5.89. The summed E-state index contributed by atoms with van der Waals surface area (Å²) in [4.78, 5) is 113. The minimum Gasteiger partial charge on any atom is -0.472 e. The average molecular weight is 858 g/mol. The molecule has 20 nitrogen and oxygen atoms in total. The number of furan rings is 1. The molecule has 2 aromatic rings. The molecule has 20 heteroatoms. The smallest absolute Gasteiger partial charge is 0.341 e. The van der Waals surface area contributed by atoms with E-state index >= 15 is 0 Å². The number of cyclic esters (lactones) is 1. The highest BCUT2D eigenvalue weighted by Gasteiger charge is 2.92. The van der Waals surface area contributed by atoms with Crippen LogP contribution in [0.25, 0.3) is 0 Å². The lowest BCUT2D eigenvalue weighted by molar-refractivity contribution is -0.386. The molecule has 61 heavy (non-hydrogen) atoms. The number of ether oxygens (including phenoxy) is 9. The van der Waals surface area contributed by atoms with Crippen LogP contribution >= 0.6 is 0 Å². The van der Waals surface area contributed by atoms with Gasteiger partial charge in [0.2, 0.25) is 0 Å². The van der Waals surface area contributed by atoms with E-state index in [-0.39, 0.29) is 16.8 Å². The molecule has 6 rings (SSSR count). The minimum absolute atomic E-state index is 0.0569. The Morgan fingerprint density at radius 1 is 0.803 bits per heavy atom. The normalized spacial score (nSPS) is 36.5. The fourth-order valence-electron chi connectivity index (χ4n) is 9.63. The van der Waals surface area contributed by atoms with Gasteiger partial charge in [-0.2, -0.15) is 0 Å². The summed E-state index contributed by atoms with van der Waals surface area (Å²) in [5.74, 6) is -12.0. The quantitative estimate of drug-likeness (QED) is 0.293. The number of rotatable bonds is 8. The van der Waals surface area contributed by atoms with Gasteiger partial charge in [-0.1, -0.05) is 13.8 Å². The van der Waals surface area contributed by atoms with Crippen molar-refractivity contribution in [3.8, 4) is 0 Å². The highest BCUT2D eigenvalue weighted by atomic mass is 16.7. The molecule has 13 atom stereocenters. The summed E-state index contributed by atoms with van der Waals surface area (Å²) in [6, 6.07) is 4.11. The van der Waals surface area contributed by atoms with Crippen molar-refractivity contribution in [3.63, 3.8) is 0 Å². The molecule has 2 aromatic heterocycles. The number of carbonyl (C=O) groups is 8. The van der Waals surface area contributed by atoms with Crippen molar-refractivity contribution in [2.45, 2.75) is 122 Å². The van der Waals surface area contributed by atoms with Crippen molar-refractivity contribution >= 4 is 47.8 Å². The van der Waals surface area contributed by atoms with Crippen molar-refractivity contribution in [1.29, 1.82) is 0 Å². The van der Waals surface area contributed by atoms with E-state index < -0.39 is 138 Å². The summed E-state index contributed by atoms with van der Waals surface area (Å²) in [6.45, 7) is 8.56. The van der Waals surface area contributed by atoms with Crippen LogP contribution in [0, 0.1) is 17.3 Å². The van der Waals surface area contributed by atoms with Gasteiger partial charge in [-0.05, 0) is 32.0 Å². The molecular weight excluding hydrogens is 810 g/mol. The molecule has 330 valence electrons. The maximum absolute atomic E-state index is 14.6. The summed E-state index contributed by atoms with van der Waals surface area (Å²) < 4.78 is 60.1. The first-order valence-electron chi connectivity index (χ1n) is 19.3. The Morgan fingerprint density at radius 3 is 1.98 bits per heavy atom. The number of hydrogen-bond donors (Lipinski definition) is 1. The first-order chi connectivity index (χ1) is 28.5. The third-order valence-corrected chi connectivity index (χ3v) is 12.1. The Kier molecular flexibility index (Phi) is 11.8. The Bertz CT molecular complexity index is 2120. The average Bonchev–Trinajstić information content (AvgIpc) is 3.79. The molecule has 2 saturated carbocycles. The van der Waals surface area contributed by atoms with Crippen molar-refractivity contribution < 1.29 is 90.5 Å². The molecule has 2 aliphatic heterocycles. The first-order valence-corrected chi connectivity index (χ1v) is 19.3. The second-order valence-corrected chi connectivity index (χ2v) is 16.1. The van der Waals surface area contributed by atoms with Crippen LogP contribution in [0.1, 0.15) is 94.6 Å². The van der Waals surface area contributed by atoms with Crippen LogP contribution in [0.5, 0.6) is 0 Å². The van der Waals surface area contributed by atoms with Gasteiger partial charge in [0.05, 0.1) is 34.9 Å². The number of pyridine rings is 1. The van der Waals surface area contributed by atoms with E-state index in [1.807, 2.05) is 0 Å². The molecule has 0 aromatic carbocycles. The lowest BCUT2D eigenvalue weighted by Gasteiger charge is -2.67. The van der Waals surface area contributed by atoms with Crippen molar-refractivity contribution in [3.05, 3.63) is 53.7 Å². The molecule has 0 amide bonds. The summed E-state index contributed by atoms with van der Waals surface area (Å²) in [5.41, 5.74) is -10.6. The van der Waals surface area contributed by atoms with Crippen molar-refractivity contribution in [2.75, 3.05) is 13.2 Å². The number of carbonyl (C=O) groups excluding carboxylic acids is 8. The fourth-order valence-corrected chi connectivity index (χ4v) is 9.63. The predicted octanol–water partition coefficient (Wildman–Crippen LogP) is 1.92. The largest absolute Gasteiger partial charge is 0.472 e. The van der Waals surface area contributed by atoms with E-state index in [1.165, 1.54) is 38.2 Å². The Balaban J connectivity index is 1.80. The zero-order chi connectivity index (χ0) is 45.0. The van der Waals surface area contributed by atoms with E-state index in [2.05, 4.69) is 4.98 Å². The maximum atomic E-state index is 14.6. The predicted molar refractivity (Wildman–Crippen MR) is 198 cm³/mol. The van der Waals surface area contributed by atoms with Crippen LogP contribution in [0.4, 0.5) is 0 Å². The zero-order valence-corrected chi connectivity index (χ0v) is 34.8. The number of hydrogen-bond acceptors (Lipinski definition) is 20. The van der Waals surface area contributed by atoms with Crippen LogP contribution in [0.15, 0.2) is 41.3 Å². The van der Waals surface area contributed by atoms with E-state index in [9.17, 15) is 43.5 Å². The standard InChI is InChI=1S/C41H47NO19/c1-18-19(2)35(48)60-32-30(59-36(49)25-12-14-52-15-25)34(58-24(7)47)40(17-53-20(3)43)33(57-23(6)46)29(55-21(4)44)27-31(56-22(5)45)41(40,39(32,9)51)61-38(27,8)16-54-37(50)26-11-10-13-42-28(18)26/h10-15,18-19,27,29-34,51H,16-17H2,1-9H3/t18?,19?,27-,29-,30+,31-,32+,33-,34+,38+,39+,40-,41+/m1/s1. The number of aromatic nitrogens is 1. The summed E-state index contributed by atoms with van der Waals surface area (Å²) in [7, 11) is 0. The van der Waals surface area contributed by atoms with Crippen LogP contribution in [0.2, 0.25) is 0 Å². The Morgan fingerprint density at radius 2 is 1.41 bits per heavy atom. The van der Waals surface area contributed by atoms with Crippen molar-refractivity contribution in [2.24, 2.45) is 17.3 Å². The maximum Gasteiger partial charge on any atom is 0.341 e. The van der Waals surface area contributed by atoms with E-state index in [0.717, 1.165) is 54.1 Å².